The molecule has 2 heterocycles. The Kier molecular flexibility index (Phi) is 3.67. The summed E-state index contributed by atoms with van der Waals surface area (Å²) in [6, 6.07) is 16.4. The number of benzene rings is 2. The van der Waals surface area contributed by atoms with Gasteiger partial charge in [0.15, 0.2) is 5.76 Å². The standard InChI is InChI=1S/C19H20N2O2/c1-22-15-7-8-16-17(13-15)23-19(14-5-3-2-4-6-14)18(16)21-11-9-20-10-12-21/h2-8,13,20H,9-12H2,1H3. The number of nitrogens with one attached hydrogen (secondary N) is 1. The Bertz CT molecular complexity index is 805. The number of fused-ring (bicyclic) bond motifs is 1. The number of methoxy groups -OCH3 is 1. The molecule has 0 saturated carbocycles. The number of nitrogens with zero attached hydrogens (tertiary/aromatic N) is 1. The zero-order valence-electron chi connectivity index (χ0n) is 13.2. The molecule has 4 rings (SSSR count). The van der Waals surface area contributed by atoms with Crippen LogP contribution in [-0.4, -0.2) is 33.3 Å². The van der Waals surface area contributed by atoms with Gasteiger partial charge in [-0.05, 0) is 12.1 Å². The minimum atomic E-state index is 0.817. The summed E-state index contributed by atoms with van der Waals surface area (Å²) in [5, 5.41) is 4.55. The summed E-state index contributed by atoms with van der Waals surface area (Å²) in [6.45, 7) is 3.97. The molecule has 0 radical (unpaired) electrons. The van der Waals surface area contributed by atoms with Gasteiger partial charge in [-0.25, -0.2) is 0 Å². The van der Waals surface area contributed by atoms with Gasteiger partial charge < -0.3 is 19.4 Å². The van der Waals surface area contributed by atoms with Crippen LogP contribution in [-0.2, 0) is 0 Å². The molecule has 0 atom stereocenters. The van der Waals surface area contributed by atoms with Crippen LogP contribution in [0.4, 0.5) is 5.69 Å². The highest BCUT2D eigenvalue weighted by Gasteiger charge is 2.22. The summed E-state index contributed by atoms with van der Waals surface area (Å²) in [5.74, 6) is 1.76. The maximum Gasteiger partial charge on any atom is 0.158 e. The van der Waals surface area contributed by atoms with Crippen molar-refractivity contribution in [2.45, 2.75) is 0 Å². The fraction of sp³-hybridized carbons (Fsp3) is 0.263. The third kappa shape index (κ3) is 2.55. The quantitative estimate of drug-likeness (QED) is 0.803. The SMILES string of the molecule is COc1ccc2c(N3CCNCC3)c(-c3ccccc3)oc2c1. The van der Waals surface area contributed by atoms with Crippen molar-refractivity contribution in [2.75, 3.05) is 38.2 Å². The van der Waals surface area contributed by atoms with Crippen molar-refractivity contribution in [2.24, 2.45) is 0 Å². The van der Waals surface area contributed by atoms with E-state index >= 15 is 0 Å². The summed E-state index contributed by atoms with van der Waals surface area (Å²) in [4.78, 5) is 2.41. The monoisotopic (exact) mass is 308 g/mol. The lowest BCUT2D eigenvalue weighted by atomic mass is 10.1. The molecule has 0 bridgehead atoms. The average Bonchev–Trinajstić information content (AvgIpc) is 3.01. The molecule has 2 aromatic carbocycles. The molecule has 1 N–H and O–H groups in total. The van der Waals surface area contributed by atoms with Crippen LogP contribution in [0.5, 0.6) is 5.75 Å². The van der Waals surface area contributed by atoms with Crippen LogP contribution in [0.15, 0.2) is 52.9 Å². The van der Waals surface area contributed by atoms with Gasteiger partial charge in [0.2, 0.25) is 0 Å². The Morgan fingerprint density at radius 2 is 1.83 bits per heavy atom. The van der Waals surface area contributed by atoms with Gasteiger partial charge in [0.1, 0.15) is 11.3 Å². The molecule has 0 unspecified atom stereocenters. The molecular weight excluding hydrogens is 288 g/mol. The molecular formula is C19H20N2O2. The third-order valence-corrected chi connectivity index (χ3v) is 4.34. The van der Waals surface area contributed by atoms with Crippen molar-refractivity contribution < 1.29 is 9.15 Å². The zero-order chi connectivity index (χ0) is 15.6. The second-order valence-electron chi connectivity index (χ2n) is 5.74. The third-order valence-electron chi connectivity index (χ3n) is 4.34. The van der Waals surface area contributed by atoms with Crippen molar-refractivity contribution in [1.29, 1.82) is 0 Å². The van der Waals surface area contributed by atoms with E-state index < -0.39 is 0 Å². The highest BCUT2D eigenvalue weighted by molar-refractivity contribution is 6.00. The molecule has 4 heteroatoms. The molecule has 1 fully saturated rings. The van der Waals surface area contributed by atoms with Crippen molar-refractivity contribution in [1.82, 2.24) is 5.32 Å². The molecule has 3 aromatic rings. The maximum atomic E-state index is 6.24. The predicted molar refractivity (Wildman–Crippen MR) is 93.3 cm³/mol. The van der Waals surface area contributed by atoms with Gasteiger partial charge in [0.25, 0.3) is 0 Å². The van der Waals surface area contributed by atoms with Gasteiger partial charge in [0.05, 0.1) is 12.8 Å². The van der Waals surface area contributed by atoms with Crippen LogP contribution in [0, 0.1) is 0 Å². The fourth-order valence-corrected chi connectivity index (χ4v) is 3.18. The van der Waals surface area contributed by atoms with Crippen LogP contribution in [0.3, 0.4) is 0 Å². The molecule has 1 aromatic heterocycles. The molecule has 1 aliphatic heterocycles. The Balaban J connectivity index is 1.92. The number of ether oxygens (including phenoxy) is 1. The smallest absolute Gasteiger partial charge is 0.158 e. The normalized spacial score (nSPS) is 15.1. The topological polar surface area (TPSA) is 37.6 Å². The van der Waals surface area contributed by atoms with E-state index in [2.05, 4.69) is 28.4 Å². The van der Waals surface area contributed by atoms with E-state index in [4.69, 9.17) is 9.15 Å². The molecule has 1 aliphatic rings. The van der Waals surface area contributed by atoms with Crippen LogP contribution < -0.4 is 15.0 Å². The first-order chi connectivity index (χ1) is 11.4. The van der Waals surface area contributed by atoms with E-state index in [9.17, 15) is 0 Å². The second kappa shape index (κ2) is 5.97. The second-order valence-corrected chi connectivity index (χ2v) is 5.74. The lowest BCUT2D eigenvalue weighted by molar-refractivity contribution is 0.414. The molecule has 0 spiro atoms. The molecule has 118 valence electrons. The van der Waals surface area contributed by atoms with Crippen LogP contribution in [0.25, 0.3) is 22.3 Å². The first-order valence-electron chi connectivity index (χ1n) is 7.98. The van der Waals surface area contributed by atoms with E-state index in [1.165, 1.54) is 5.69 Å². The number of hydrogen-bond donors (Lipinski definition) is 1. The fourth-order valence-electron chi connectivity index (χ4n) is 3.18. The van der Waals surface area contributed by atoms with Gasteiger partial charge in [-0.1, -0.05) is 30.3 Å². The summed E-state index contributed by atoms with van der Waals surface area (Å²) in [5.41, 5.74) is 3.17. The Morgan fingerprint density at radius 3 is 2.57 bits per heavy atom. The zero-order valence-corrected chi connectivity index (χ0v) is 13.2. The van der Waals surface area contributed by atoms with Gasteiger partial charge in [-0.3, -0.25) is 0 Å². The average molecular weight is 308 g/mol. The number of hydrogen-bond acceptors (Lipinski definition) is 4. The summed E-state index contributed by atoms with van der Waals surface area (Å²) in [7, 11) is 1.68. The van der Waals surface area contributed by atoms with E-state index in [-0.39, 0.29) is 0 Å². The molecule has 0 amide bonds. The largest absolute Gasteiger partial charge is 0.497 e. The molecule has 4 nitrogen and oxygen atoms in total. The Morgan fingerprint density at radius 1 is 1.04 bits per heavy atom. The molecule has 0 aliphatic carbocycles. The number of rotatable bonds is 3. The minimum absolute atomic E-state index is 0.817. The van der Waals surface area contributed by atoms with Crippen molar-refractivity contribution in [3.63, 3.8) is 0 Å². The van der Waals surface area contributed by atoms with Crippen LogP contribution in [0.2, 0.25) is 0 Å². The van der Waals surface area contributed by atoms with E-state index in [0.717, 1.165) is 54.2 Å². The minimum Gasteiger partial charge on any atom is -0.497 e. The lowest BCUT2D eigenvalue weighted by Crippen LogP contribution is -2.43. The van der Waals surface area contributed by atoms with Crippen molar-refractivity contribution >= 4 is 16.7 Å². The van der Waals surface area contributed by atoms with Crippen LogP contribution in [0.1, 0.15) is 0 Å². The van der Waals surface area contributed by atoms with Crippen molar-refractivity contribution in [3.8, 4) is 17.1 Å². The molecule has 1 saturated heterocycles. The number of piperazine rings is 1. The highest BCUT2D eigenvalue weighted by Crippen LogP contribution is 2.41. The van der Waals surface area contributed by atoms with E-state index in [1.807, 2.05) is 30.3 Å². The summed E-state index contributed by atoms with van der Waals surface area (Å²) in [6.07, 6.45) is 0. The number of anilines is 1. The summed E-state index contributed by atoms with van der Waals surface area (Å²) < 4.78 is 11.6. The van der Waals surface area contributed by atoms with Gasteiger partial charge >= 0.3 is 0 Å². The summed E-state index contributed by atoms with van der Waals surface area (Å²) >= 11 is 0. The first kappa shape index (κ1) is 14.2. The van der Waals surface area contributed by atoms with Crippen LogP contribution >= 0.6 is 0 Å². The molecule has 23 heavy (non-hydrogen) atoms. The van der Waals surface area contributed by atoms with E-state index in [1.54, 1.807) is 7.11 Å². The van der Waals surface area contributed by atoms with E-state index in [0.29, 0.717) is 0 Å². The Labute approximate surface area is 135 Å². The Hall–Kier alpha value is -2.46. The predicted octanol–water partition coefficient (Wildman–Crippen LogP) is 3.52. The maximum absolute atomic E-state index is 6.24. The number of furan rings is 1. The van der Waals surface area contributed by atoms with Gasteiger partial charge in [-0.15, -0.1) is 0 Å². The lowest BCUT2D eigenvalue weighted by Gasteiger charge is -2.29. The van der Waals surface area contributed by atoms with Crippen molar-refractivity contribution in [3.05, 3.63) is 48.5 Å². The first-order valence-corrected chi connectivity index (χ1v) is 7.98. The highest BCUT2D eigenvalue weighted by atomic mass is 16.5. The van der Waals surface area contributed by atoms with Gasteiger partial charge in [0, 0.05) is 43.2 Å². The van der Waals surface area contributed by atoms with Gasteiger partial charge in [-0.2, -0.15) is 0 Å².